The Morgan fingerprint density at radius 3 is 2.73 bits per heavy atom. The predicted octanol–water partition coefficient (Wildman–Crippen LogP) is 4.49. The number of para-hydroxylation sites is 1. The van der Waals surface area contributed by atoms with Gasteiger partial charge in [0.25, 0.3) is 5.56 Å². The maximum atomic E-state index is 12.9. The minimum Gasteiger partial charge on any atom is -0.324 e. The number of thioether (sulfide) groups is 1. The average molecular weight is 462 g/mol. The van der Waals surface area contributed by atoms with Crippen LogP contribution in [0, 0.1) is 0 Å². The Morgan fingerprint density at radius 2 is 1.97 bits per heavy atom. The van der Waals surface area contributed by atoms with Crippen molar-refractivity contribution >= 4 is 63.2 Å². The third kappa shape index (κ3) is 3.90. The van der Waals surface area contributed by atoms with Gasteiger partial charge in [0.2, 0.25) is 11.7 Å². The van der Waals surface area contributed by atoms with Gasteiger partial charge in [-0.15, -0.1) is 10.2 Å². The van der Waals surface area contributed by atoms with Gasteiger partial charge in [0, 0.05) is 11.6 Å². The van der Waals surface area contributed by atoms with E-state index in [4.69, 9.17) is 23.2 Å². The zero-order chi connectivity index (χ0) is 21.3. The molecule has 2 heterocycles. The molecule has 0 saturated heterocycles. The second kappa shape index (κ2) is 8.67. The molecule has 30 heavy (non-hydrogen) atoms. The van der Waals surface area contributed by atoms with E-state index in [1.54, 1.807) is 51.4 Å². The lowest BCUT2D eigenvalue weighted by Crippen LogP contribution is -2.23. The van der Waals surface area contributed by atoms with Crippen LogP contribution in [0.4, 0.5) is 5.69 Å². The number of aryl methyl sites for hydroxylation is 1. The van der Waals surface area contributed by atoms with Crippen LogP contribution in [0.3, 0.4) is 0 Å². The summed E-state index contributed by atoms with van der Waals surface area (Å²) in [6, 6.07) is 12.1. The molecule has 0 spiro atoms. The zero-order valence-electron chi connectivity index (χ0n) is 15.9. The van der Waals surface area contributed by atoms with Gasteiger partial charge in [-0.3, -0.25) is 18.6 Å². The molecule has 7 nitrogen and oxygen atoms in total. The molecule has 2 aromatic heterocycles. The number of carbonyl (C=O) groups is 1. The van der Waals surface area contributed by atoms with Crippen molar-refractivity contribution in [3.05, 3.63) is 62.9 Å². The molecule has 154 valence electrons. The summed E-state index contributed by atoms with van der Waals surface area (Å²) >= 11 is 13.5. The first-order valence-corrected chi connectivity index (χ1v) is 11.0. The number of benzene rings is 2. The number of rotatable bonds is 6. The number of hydrogen-bond donors (Lipinski definition) is 1. The lowest BCUT2D eigenvalue weighted by Gasteiger charge is -2.11. The van der Waals surface area contributed by atoms with Crippen LogP contribution in [-0.4, -0.2) is 30.8 Å². The molecule has 1 amide bonds. The summed E-state index contributed by atoms with van der Waals surface area (Å²) < 4.78 is 3.36. The Hall–Kier alpha value is -2.55. The average Bonchev–Trinajstić information content (AvgIpc) is 3.15. The maximum Gasteiger partial charge on any atom is 0.262 e. The minimum atomic E-state index is -0.228. The van der Waals surface area contributed by atoms with Crippen LogP contribution in [0.25, 0.3) is 16.7 Å². The highest BCUT2D eigenvalue weighted by Crippen LogP contribution is 2.25. The first-order chi connectivity index (χ1) is 14.5. The third-order valence-corrected chi connectivity index (χ3v) is 5.96. The molecule has 2 aromatic carbocycles. The number of fused-ring (bicyclic) bond motifs is 3. The quantitative estimate of drug-likeness (QED) is 0.427. The van der Waals surface area contributed by atoms with Gasteiger partial charge in [-0.1, -0.05) is 54.0 Å². The van der Waals surface area contributed by atoms with Gasteiger partial charge in [-0.25, -0.2) is 0 Å². The molecule has 0 bridgehead atoms. The summed E-state index contributed by atoms with van der Waals surface area (Å²) in [5, 5.41) is 13.2. The number of nitrogens with one attached hydrogen (secondary N) is 1. The van der Waals surface area contributed by atoms with Crippen molar-refractivity contribution in [3.8, 4) is 0 Å². The third-order valence-electron chi connectivity index (χ3n) is 4.46. The monoisotopic (exact) mass is 461 g/mol. The number of halogens is 2. The van der Waals surface area contributed by atoms with E-state index in [2.05, 4.69) is 15.5 Å². The van der Waals surface area contributed by atoms with Crippen molar-refractivity contribution in [3.63, 3.8) is 0 Å². The van der Waals surface area contributed by atoms with Gasteiger partial charge in [-0.2, -0.15) is 0 Å². The van der Waals surface area contributed by atoms with Crippen molar-refractivity contribution in [2.24, 2.45) is 0 Å². The Kier molecular flexibility index (Phi) is 5.99. The fraction of sp³-hybridized carbons (Fsp3) is 0.200. The summed E-state index contributed by atoms with van der Waals surface area (Å²) in [5.74, 6) is 0.292. The van der Waals surface area contributed by atoms with E-state index in [0.717, 1.165) is 6.42 Å². The summed E-state index contributed by atoms with van der Waals surface area (Å²) in [7, 11) is 0. The van der Waals surface area contributed by atoms with Crippen LogP contribution in [0.2, 0.25) is 10.0 Å². The molecule has 10 heteroatoms. The minimum absolute atomic E-state index is 0.0982. The van der Waals surface area contributed by atoms with Crippen LogP contribution in [0.1, 0.15) is 13.3 Å². The molecule has 0 aliphatic heterocycles. The molecule has 4 aromatic rings. The van der Waals surface area contributed by atoms with Crippen LogP contribution < -0.4 is 10.9 Å². The lowest BCUT2D eigenvalue weighted by molar-refractivity contribution is -0.113. The first-order valence-electron chi connectivity index (χ1n) is 9.24. The normalized spacial score (nSPS) is 11.3. The van der Waals surface area contributed by atoms with Crippen LogP contribution in [-0.2, 0) is 11.3 Å². The van der Waals surface area contributed by atoms with Crippen LogP contribution >= 0.6 is 35.0 Å². The number of amides is 1. The highest BCUT2D eigenvalue weighted by molar-refractivity contribution is 7.99. The fourth-order valence-corrected chi connectivity index (χ4v) is 4.24. The molecule has 4 rings (SSSR count). The highest BCUT2D eigenvalue weighted by atomic mass is 35.5. The standard InChI is InChI=1S/C20H17Cl2N5O2S/c1-2-9-26-18(29)13-8-7-12(21)10-16(13)27-19(26)24-25-20(27)30-11-17(28)23-15-6-4-3-5-14(15)22/h3-8,10H,2,9,11H2,1H3,(H,23,28). The number of carbonyl (C=O) groups excluding carboxylic acids is 1. The molecule has 0 atom stereocenters. The Balaban J connectivity index is 1.70. The molecular formula is C20H17Cl2N5O2S. The fourth-order valence-electron chi connectivity index (χ4n) is 3.15. The van der Waals surface area contributed by atoms with E-state index in [1.807, 2.05) is 6.92 Å². The van der Waals surface area contributed by atoms with E-state index >= 15 is 0 Å². The van der Waals surface area contributed by atoms with Gasteiger partial charge in [-0.05, 0) is 36.8 Å². The Labute approximate surface area is 186 Å². The predicted molar refractivity (Wildman–Crippen MR) is 121 cm³/mol. The number of nitrogens with zero attached hydrogens (tertiary/aromatic N) is 4. The summed E-state index contributed by atoms with van der Waals surface area (Å²) in [5.41, 5.74) is 1.01. The molecule has 0 aliphatic rings. The van der Waals surface area contributed by atoms with Crippen LogP contribution in [0.15, 0.2) is 52.4 Å². The second-order valence-electron chi connectivity index (χ2n) is 6.55. The SMILES string of the molecule is CCCn1c(=O)c2ccc(Cl)cc2n2c(SCC(=O)Nc3ccccc3Cl)nnc12. The van der Waals surface area contributed by atoms with E-state index in [9.17, 15) is 9.59 Å². The number of aromatic nitrogens is 4. The van der Waals surface area contributed by atoms with Gasteiger partial charge >= 0.3 is 0 Å². The summed E-state index contributed by atoms with van der Waals surface area (Å²) in [6.45, 7) is 2.50. The Morgan fingerprint density at radius 1 is 1.17 bits per heavy atom. The maximum absolute atomic E-state index is 12.9. The Bertz CT molecular complexity index is 1320. The molecular weight excluding hydrogens is 445 g/mol. The van der Waals surface area contributed by atoms with Crippen molar-refractivity contribution in [2.45, 2.75) is 25.0 Å². The van der Waals surface area contributed by atoms with Crippen molar-refractivity contribution in [1.82, 2.24) is 19.2 Å². The topological polar surface area (TPSA) is 81.3 Å². The van der Waals surface area contributed by atoms with Gasteiger partial charge in [0.15, 0.2) is 5.16 Å². The van der Waals surface area contributed by atoms with E-state index < -0.39 is 0 Å². The van der Waals surface area contributed by atoms with Gasteiger partial charge in [0.1, 0.15) is 0 Å². The molecule has 1 N–H and O–H groups in total. The molecule has 0 radical (unpaired) electrons. The van der Waals surface area contributed by atoms with E-state index in [0.29, 0.717) is 44.1 Å². The van der Waals surface area contributed by atoms with E-state index in [-0.39, 0.29) is 17.2 Å². The zero-order valence-corrected chi connectivity index (χ0v) is 18.3. The smallest absolute Gasteiger partial charge is 0.262 e. The van der Waals surface area contributed by atoms with Crippen molar-refractivity contribution in [2.75, 3.05) is 11.1 Å². The van der Waals surface area contributed by atoms with E-state index in [1.165, 1.54) is 11.8 Å². The van der Waals surface area contributed by atoms with Gasteiger partial charge < -0.3 is 5.32 Å². The largest absolute Gasteiger partial charge is 0.324 e. The molecule has 0 saturated carbocycles. The van der Waals surface area contributed by atoms with Crippen molar-refractivity contribution in [1.29, 1.82) is 0 Å². The lowest BCUT2D eigenvalue weighted by atomic mass is 10.2. The van der Waals surface area contributed by atoms with Gasteiger partial charge in [0.05, 0.1) is 27.4 Å². The number of anilines is 1. The second-order valence-corrected chi connectivity index (χ2v) is 8.34. The highest BCUT2D eigenvalue weighted by Gasteiger charge is 2.18. The number of hydrogen-bond acceptors (Lipinski definition) is 5. The summed E-state index contributed by atoms with van der Waals surface area (Å²) in [6.07, 6.45) is 0.768. The summed E-state index contributed by atoms with van der Waals surface area (Å²) in [4.78, 5) is 25.3. The molecule has 0 aliphatic carbocycles. The molecule has 0 fully saturated rings. The molecule has 0 unspecified atom stereocenters. The van der Waals surface area contributed by atoms with Crippen molar-refractivity contribution < 1.29 is 4.79 Å². The van der Waals surface area contributed by atoms with Crippen LogP contribution in [0.5, 0.6) is 0 Å². The first kappa shape index (κ1) is 20.7.